The molecule has 0 saturated carbocycles. The number of hydrogen-bond acceptors (Lipinski definition) is 6. The summed E-state index contributed by atoms with van der Waals surface area (Å²) in [6, 6.07) is 14.9. The van der Waals surface area contributed by atoms with Crippen LogP contribution in [0.5, 0.6) is 0 Å². The highest BCUT2D eigenvalue weighted by Gasteiger charge is 2.20. The van der Waals surface area contributed by atoms with Gasteiger partial charge in [0.1, 0.15) is 5.69 Å². The Morgan fingerprint density at radius 2 is 1.87 bits per heavy atom. The van der Waals surface area contributed by atoms with Crippen molar-refractivity contribution < 1.29 is 9.53 Å². The number of nitriles is 1. The smallest absolute Gasteiger partial charge is 0.357 e. The normalized spacial score (nSPS) is 10.7. The van der Waals surface area contributed by atoms with E-state index in [0.717, 1.165) is 28.1 Å². The Hall–Kier alpha value is -4.05. The molecule has 7 nitrogen and oxygen atoms in total. The van der Waals surface area contributed by atoms with Gasteiger partial charge in [0.2, 0.25) is 0 Å². The summed E-state index contributed by atoms with van der Waals surface area (Å²) in [5.74, 6) is -0.484. The Kier molecular flexibility index (Phi) is 4.98. The van der Waals surface area contributed by atoms with Crippen LogP contribution in [0.4, 0.5) is 0 Å². The van der Waals surface area contributed by atoms with Crippen molar-refractivity contribution in [3.8, 4) is 28.5 Å². The fraction of sp³-hybridized carbons (Fsp3) is 0.174. The van der Waals surface area contributed by atoms with E-state index >= 15 is 0 Å². The van der Waals surface area contributed by atoms with Gasteiger partial charge in [-0.3, -0.25) is 4.98 Å². The third kappa shape index (κ3) is 3.51. The van der Waals surface area contributed by atoms with Gasteiger partial charge in [0.05, 0.1) is 23.8 Å². The molecule has 0 aliphatic rings. The van der Waals surface area contributed by atoms with Crippen molar-refractivity contribution in [2.45, 2.75) is 20.8 Å². The van der Waals surface area contributed by atoms with Crippen molar-refractivity contribution in [2.75, 3.05) is 6.61 Å². The maximum atomic E-state index is 12.2. The van der Waals surface area contributed by atoms with E-state index in [-0.39, 0.29) is 12.3 Å². The Balaban J connectivity index is 2.03. The van der Waals surface area contributed by atoms with Crippen LogP contribution in [0.1, 0.15) is 34.4 Å². The predicted octanol–water partition coefficient (Wildman–Crippen LogP) is 4.12. The molecular formula is C23H19N5O2. The molecule has 0 aliphatic heterocycles. The SMILES string of the molecule is CCOC(=O)c1ccn2nc(-c3cccc(C#N)c3)c(-c3cc(C)nc(C)c3)c2n1. The van der Waals surface area contributed by atoms with Crippen LogP contribution >= 0.6 is 0 Å². The Morgan fingerprint density at radius 1 is 1.10 bits per heavy atom. The van der Waals surface area contributed by atoms with Crippen LogP contribution < -0.4 is 0 Å². The molecule has 0 atom stereocenters. The lowest BCUT2D eigenvalue weighted by Gasteiger charge is -2.07. The molecule has 0 N–H and O–H groups in total. The fourth-order valence-electron chi connectivity index (χ4n) is 3.43. The fourth-order valence-corrected chi connectivity index (χ4v) is 3.43. The summed E-state index contributed by atoms with van der Waals surface area (Å²) < 4.78 is 6.74. The minimum absolute atomic E-state index is 0.213. The molecule has 4 rings (SSSR count). The maximum absolute atomic E-state index is 12.2. The molecule has 0 fully saturated rings. The van der Waals surface area contributed by atoms with E-state index in [4.69, 9.17) is 9.84 Å². The molecule has 30 heavy (non-hydrogen) atoms. The molecule has 3 aromatic heterocycles. The summed E-state index contributed by atoms with van der Waals surface area (Å²) in [4.78, 5) is 21.3. The number of fused-ring (bicyclic) bond motifs is 1. The molecule has 0 spiro atoms. The van der Waals surface area contributed by atoms with Crippen LogP contribution in [-0.2, 0) is 4.74 Å². The second-order valence-corrected chi connectivity index (χ2v) is 6.86. The molecule has 0 saturated heterocycles. The molecule has 7 heteroatoms. The van der Waals surface area contributed by atoms with Gasteiger partial charge in [0, 0.05) is 23.1 Å². The number of aromatic nitrogens is 4. The van der Waals surface area contributed by atoms with Crippen LogP contribution in [0.3, 0.4) is 0 Å². The standard InChI is InChI=1S/C23H19N5O2/c1-4-30-23(29)19-8-9-28-22(26-19)20(18-10-14(2)25-15(3)11-18)21(27-28)17-7-5-6-16(12-17)13-24/h5-12H,4H2,1-3H3. The molecule has 3 heterocycles. The van der Waals surface area contributed by atoms with Crippen molar-refractivity contribution in [1.29, 1.82) is 5.26 Å². The highest BCUT2D eigenvalue weighted by atomic mass is 16.5. The number of esters is 1. The zero-order valence-corrected chi connectivity index (χ0v) is 16.9. The zero-order valence-electron chi connectivity index (χ0n) is 16.9. The highest BCUT2D eigenvalue weighted by molar-refractivity contribution is 5.93. The lowest BCUT2D eigenvalue weighted by Crippen LogP contribution is -2.08. The molecule has 0 aliphatic carbocycles. The summed E-state index contributed by atoms with van der Waals surface area (Å²) in [7, 11) is 0. The van der Waals surface area contributed by atoms with Crippen LogP contribution in [0.15, 0.2) is 48.7 Å². The predicted molar refractivity (Wildman–Crippen MR) is 112 cm³/mol. The van der Waals surface area contributed by atoms with Gasteiger partial charge in [0.15, 0.2) is 11.3 Å². The number of carbonyl (C=O) groups is 1. The second kappa shape index (κ2) is 7.76. The summed E-state index contributed by atoms with van der Waals surface area (Å²) in [6.45, 7) is 5.88. The summed E-state index contributed by atoms with van der Waals surface area (Å²) >= 11 is 0. The van der Waals surface area contributed by atoms with Gasteiger partial charge >= 0.3 is 5.97 Å². The first kappa shape index (κ1) is 19.3. The topological polar surface area (TPSA) is 93.2 Å². The molecule has 0 radical (unpaired) electrons. The van der Waals surface area contributed by atoms with Gasteiger partial charge in [-0.1, -0.05) is 12.1 Å². The third-order valence-electron chi connectivity index (χ3n) is 4.60. The van der Waals surface area contributed by atoms with Gasteiger partial charge in [-0.25, -0.2) is 14.3 Å². The van der Waals surface area contributed by atoms with Gasteiger partial charge < -0.3 is 4.74 Å². The second-order valence-electron chi connectivity index (χ2n) is 6.86. The van der Waals surface area contributed by atoms with Crippen molar-refractivity contribution in [3.63, 3.8) is 0 Å². The van der Waals surface area contributed by atoms with Crippen LogP contribution in [0.2, 0.25) is 0 Å². The molecule has 148 valence electrons. The molecule has 1 aromatic carbocycles. The number of ether oxygens (including phenoxy) is 1. The molecule has 4 aromatic rings. The van der Waals surface area contributed by atoms with E-state index in [1.807, 2.05) is 38.1 Å². The average molecular weight is 397 g/mol. The summed E-state index contributed by atoms with van der Waals surface area (Å²) in [6.07, 6.45) is 1.69. The summed E-state index contributed by atoms with van der Waals surface area (Å²) in [5, 5.41) is 14.0. The van der Waals surface area contributed by atoms with Gasteiger partial charge in [0.25, 0.3) is 0 Å². The first-order chi connectivity index (χ1) is 14.5. The monoisotopic (exact) mass is 397 g/mol. The Labute approximate surface area is 173 Å². The van der Waals surface area contributed by atoms with Crippen LogP contribution in [0.25, 0.3) is 28.0 Å². The Morgan fingerprint density at radius 3 is 2.57 bits per heavy atom. The summed E-state index contributed by atoms with van der Waals surface area (Å²) in [5.41, 5.74) is 6.13. The van der Waals surface area contributed by atoms with Crippen LogP contribution in [-0.4, -0.2) is 32.2 Å². The van der Waals surface area contributed by atoms with Crippen molar-refractivity contribution in [1.82, 2.24) is 19.6 Å². The van der Waals surface area contributed by atoms with E-state index in [0.29, 0.717) is 16.9 Å². The van der Waals surface area contributed by atoms with E-state index in [1.165, 1.54) is 0 Å². The first-order valence-corrected chi connectivity index (χ1v) is 9.53. The van der Waals surface area contributed by atoms with Gasteiger partial charge in [-0.2, -0.15) is 10.4 Å². The molecule has 0 unspecified atom stereocenters. The van der Waals surface area contributed by atoms with Crippen molar-refractivity contribution >= 4 is 11.6 Å². The van der Waals surface area contributed by atoms with E-state index < -0.39 is 5.97 Å². The van der Waals surface area contributed by atoms with Crippen molar-refractivity contribution in [2.24, 2.45) is 0 Å². The van der Waals surface area contributed by atoms with Crippen LogP contribution in [0, 0.1) is 25.2 Å². The quantitative estimate of drug-likeness (QED) is 0.481. The number of hydrogen-bond donors (Lipinski definition) is 0. The van der Waals surface area contributed by atoms with E-state index in [1.54, 1.807) is 35.8 Å². The highest BCUT2D eigenvalue weighted by Crippen LogP contribution is 2.35. The largest absolute Gasteiger partial charge is 0.461 e. The number of benzene rings is 1. The minimum atomic E-state index is -0.484. The molecule has 0 bridgehead atoms. The number of carbonyl (C=O) groups excluding carboxylic acids is 1. The minimum Gasteiger partial charge on any atom is -0.461 e. The van der Waals surface area contributed by atoms with Gasteiger partial charge in [-0.05, 0) is 56.7 Å². The lowest BCUT2D eigenvalue weighted by atomic mass is 9.99. The molecule has 0 amide bonds. The number of aryl methyl sites for hydroxylation is 2. The first-order valence-electron chi connectivity index (χ1n) is 9.53. The number of rotatable bonds is 4. The third-order valence-corrected chi connectivity index (χ3v) is 4.60. The maximum Gasteiger partial charge on any atom is 0.357 e. The number of nitrogens with zero attached hydrogens (tertiary/aromatic N) is 5. The average Bonchev–Trinajstić information content (AvgIpc) is 3.12. The van der Waals surface area contributed by atoms with E-state index in [2.05, 4.69) is 16.0 Å². The lowest BCUT2D eigenvalue weighted by molar-refractivity contribution is 0.0519. The number of pyridine rings is 1. The Bertz CT molecular complexity index is 1300. The van der Waals surface area contributed by atoms with Crippen molar-refractivity contribution in [3.05, 3.63) is 71.3 Å². The van der Waals surface area contributed by atoms with E-state index in [9.17, 15) is 10.1 Å². The zero-order chi connectivity index (χ0) is 21.3. The molecular weight excluding hydrogens is 378 g/mol. The van der Waals surface area contributed by atoms with Gasteiger partial charge in [-0.15, -0.1) is 0 Å².